The van der Waals surface area contributed by atoms with Crippen LogP contribution in [0.2, 0.25) is 5.02 Å². The Bertz CT molecular complexity index is 2450. The van der Waals surface area contributed by atoms with E-state index in [1.54, 1.807) is 24.3 Å². The molecule has 0 saturated heterocycles. The van der Waals surface area contributed by atoms with Crippen molar-refractivity contribution in [3.05, 3.63) is 136 Å². The third-order valence-electron chi connectivity index (χ3n) is 7.64. The molecule has 0 aliphatic heterocycles. The number of alkyl halides is 2. The number of hydrogen-bond acceptors (Lipinski definition) is 5. The molecule has 0 saturated carbocycles. The number of rotatable bonds is 7. The van der Waals surface area contributed by atoms with Crippen LogP contribution in [0.5, 0.6) is 0 Å². The Morgan fingerprint density at radius 2 is 1.69 bits per heavy atom. The van der Waals surface area contributed by atoms with Crippen molar-refractivity contribution in [2.75, 3.05) is 0 Å². The number of aromatic nitrogens is 2. The molecule has 0 fully saturated rings. The largest absolute Gasteiger partial charge is 0.478 e. The van der Waals surface area contributed by atoms with Crippen LogP contribution in [0.4, 0.5) is 18.9 Å². The molecule has 8 nitrogen and oxygen atoms in total. The number of carboxylic acid groups (broad SMARTS) is 1. The third kappa shape index (κ3) is 5.43. The zero-order valence-corrected chi connectivity index (χ0v) is 25.8. The lowest BCUT2D eigenvalue weighted by Gasteiger charge is -2.16. The van der Waals surface area contributed by atoms with Gasteiger partial charge in [0.25, 0.3) is 16.4 Å². The molecule has 0 atom stereocenters. The molecule has 1 N–H and O–H groups in total. The summed E-state index contributed by atoms with van der Waals surface area (Å²) >= 11 is 6.48. The molecule has 2 heterocycles. The van der Waals surface area contributed by atoms with Gasteiger partial charge in [0, 0.05) is 49.9 Å². The first-order valence-electron chi connectivity index (χ1n) is 13.8. The highest BCUT2D eigenvalue weighted by atomic mass is 35.5. The van der Waals surface area contributed by atoms with E-state index in [4.69, 9.17) is 18.2 Å². The minimum atomic E-state index is -4.67. The van der Waals surface area contributed by atoms with E-state index in [-0.39, 0.29) is 60.0 Å². The molecule has 0 amide bonds. The second-order valence-electron chi connectivity index (χ2n) is 10.4. The smallest absolute Gasteiger partial charge is 0.335 e. The van der Waals surface area contributed by atoms with Gasteiger partial charge in [0.2, 0.25) is 5.95 Å². The van der Waals surface area contributed by atoms with Crippen LogP contribution in [0.25, 0.3) is 49.3 Å². The Labute approximate surface area is 276 Å². The Balaban J connectivity index is 1.76. The van der Waals surface area contributed by atoms with Gasteiger partial charge in [-0.2, -0.15) is 9.65 Å². The van der Waals surface area contributed by atoms with E-state index in [2.05, 4.69) is 9.83 Å². The number of pyridine rings is 1. The minimum absolute atomic E-state index is 0.00293. The van der Waals surface area contributed by atoms with E-state index in [0.717, 1.165) is 40.5 Å². The van der Waals surface area contributed by atoms with E-state index in [1.165, 1.54) is 36.4 Å². The minimum Gasteiger partial charge on any atom is -0.478 e. The molecule has 0 aliphatic rings. The van der Waals surface area contributed by atoms with Gasteiger partial charge in [0.15, 0.2) is 5.69 Å². The number of fused-ring (bicyclic) bond motifs is 1. The first-order chi connectivity index (χ1) is 23.0. The predicted molar refractivity (Wildman–Crippen MR) is 173 cm³/mol. The molecule has 0 spiro atoms. The second kappa shape index (κ2) is 12.3. The van der Waals surface area contributed by atoms with E-state index >= 15 is 0 Å². The van der Waals surface area contributed by atoms with Crippen molar-refractivity contribution in [2.45, 2.75) is 11.3 Å². The number of halogens is 4. The highest BCUT2D eigenvalue weighted by molar-refractivity contribution is 7.90. The zero-order chi connectivity index (χ0) is 34.3. The van der Waals surface area contributed by atoms with Crippen molar-refractivity contribution < 1.29 is 31.5 Å². The lowest BCUT2D eigenvalue weighted by atomic mass is 9.92. The van der Waals surface area contributed by atoms with Crippen LogP contribution in [0.3, 0.4) is 0 Å². The Morgan fingerprint density at radius 3 is 2.33 bits per heavy atom. The predicted octanol–water partition coefficient (Wildman–Crippen LogP) is 9.13. The van der Waals surface area contributed by atoms with Gasteiger partial charge in [-0.15, -0.1) is 0 Å². The van der Waals surface area contributed by atoms with Gasteiger partial charge in [-0.3, -0.25) is 0 Å². The average Bonchev–Trinajstić information content (AvgIpc) is 3.42. The van der Waals surface area contributed by atoms with Crippen LogP contribution in [-0.2, 0) is 10.0 Å². The lowest BCUT2D eigenvalue weighted by Crippen LogP contribution is -2.14. The molecule has 0 radical (unpaired) electrons. The summed E-state index contributed by atoms with van der Waals surface area (Å²) in [6.45, 7) is 7.85. The first-order valence-corrected chi connectivity index (χ1v) is 15.7. The Kier molecular flexibility index (Phi) is 8.23. The summed E-state index contributed by atoms with van der Waals surface area (Å²) in [4.78, 5) is 18.4. The van der Waals surface area contributed by atoms with Crippen LogP contribution in [0.15, 0.2) is 102 Å². The number of nitriles is 1. The summed E-state index contributed by atoms with van der Waals surface area (Å²) < 4.78 is 71.5. The van der Waals surface area contributed by atoms with Crippen molar-refractivity contribution in [1.29, 1.82) is 5.26 Å². The van der Waals surface area contributed by atoms with Crippen molar-refractivity contribution >= 4 is 44.2 Å². The molecule has 13 heteroatoms. The maximum atomic E-state index is 14.9. The lowest BCUT2D eigenvalue weighted by molar-refractivity contribution is 0.0696. The number of carbonyl (C=O) groups is 1. The molecule has 6 rings (SSSR count). The van der Waals surface area contributed by atoms with Gasteiger partial charge in [0.1, 0.15) is 0 Å². The van der Waals surface area contributed by atoms with Gasteiger partial charge in [-0.1, -0.05) is 60.1 Å². The summed E-state index contributed by atoms with van der Waals surface area (Å²) in [5, 5.41) is 19.6. The van der Waals surface area contributed by atoms with Crippen molar-refractivity contribution in [3.63, 3.8) is 0 Å². The van der Waals surface area contributed by atoms with Crippen molar-refractivity contribution in [1.82, 2.24) is 8.96 Å². The molecule has 0 aliphatic carbocycles. The summed E-state index contributed by atoms with van der Waals surface area (Å²) in [6.07, 6.45) is -1.85. The van der Waals surface area contributed by atoms with Crippen LogP contribution >= 0.6 is 11.6 Å². The van der Waals surface area contributed by atoms with Crippen molar-refractivity contribution in [3.8, 4) is 39.6 Å². The summed E-state index contributed by atoms with van der Waals surface area (Å²) in [5.41, 5.74) is 0.471. The monoisotopic (exact) mass is 682 g/mol. The molecule has 0 bridgehead atoms. The number of benzene rings is 4. The summed E-state index contributed by atoms with van der Waals surface area (Å²) in [7, 11) is -4.67. The number of hydrogen-bond donors (Lipinski definition) is 1. The quantitative estimate of drug-likeness (QED) is 0.133. The molecule has 4 aromatic carbocycles. The molecular weight excluding hydrogens is 665 g/mol. The number of nitrogens with zero attached hydrogens (tertiary/aromatic N) is 4. The summed E-state index contributed by atoms with van der Waals surface area (Å²) in [6, 6.07) is 21.9. The fraction of sp³-hybridized carbons (Fsp3) is 0.0286. The molecular formula is C35H18ClF3N4O4S. The highest BCUT2D eigenvalue weighted by Crippen LogP contribution is 2.48. The van der Waals surface area contributed by atoms with Crippen LogP contribution in [0.1, 0.15) is 27.9 Å². The normalized spacial score (nSPS) is 11.4. The van der Waals surface area contributed by atoms with Gasteiger partial charge >= 0.3 is 5.97 Å². The highest BCUT2D eigenvalue weighted by Gasteiger charge is 2.31. The maximum absolute atomic E-state index is 14.9. The molecule has 236 valence electrons. The molecule has 48 heavy (non-hydrogen) atoms. The maximum Gasteiger partial charge on any atom is 0.335 e. The SMILES string of the molecule is [C-]#[N+]c1cccc(C#N)c1-c1c(-c2cccc(-c3ccc(C(=O)O)cc3Cl)c2)n(S(=O)(=O)c2ccc(C(F)F)cc2)c2cnc(F)cc12. The second-order valence-corrected chi connectivity index (χ2v) is 12.6. The van der Waals surface area contributed by atoms with Crippen LogP contribution in [0, 0.1) is 23.9 Å². The van der Waals surface area contributed by atoms with E-state index in [9.17, 15) is 36.8 Å². The first kappa shape index (κ1) is 32.0. The fourth-order valence-electron chi connectivity index (χ4n) is 5.49. The Hall–Kier alpha value is -5.95. The van der Waals surface area contributed by atoms with Gasteiger partial charge < -0.3 is 5.11 Å². The average molecular weight is 683 g/mol. The third-order valence-corrected chi connectivity index (χ3v) is 9.68. The molecule has 6 aromatic rings. The fourth-order valence-corrected chi connectivity index (χ4v) is 7.32. The topological polar surface area (TPSA) is 117 Å². The number of aromatic carboxylic acids is 1. The van der Waals surface area contributed by atoms with Crippen LogP contribution in [-0.4, -0.2) is 28.5 Å². The van der Waals surface area contributed by atoms with Gasteiger partial charge in [-0.05, 0) is 42.0 Å². The van der Waals surface area contributed by atoms with Crippen LogP contribution < -0.4 is 0 Å². The van der Waals surface area contributed by atoms with E-state index < -0.39 is 33.9 Å². The van der Waals surface area contributed by atoms with E-state index in [1.807, 2.05) is 6.07 Å². The van der Waals surface area contributed by atoms with E-state index in [0.29, 0.717) is 11.1 Å². The zero-order valence-electron chi connectivity index (χ0n) is 24.2. The summed E-state index contributed by atoms with van der Waals surface area (Å²) in [5.74, 6) is -2.16. The van der Waals surface area contributed by atoms with Gasteiger partial charge in [0.05, 0.1) is 40.5 Å². The molecule has 2 aromatic heterocycles. The molecule has 0 unspecified atom stereocenters. The van der Waals surface area contributed by atoms with Crippen molar-refractivity contribution in [2.24, 2.45) is 0 Å². The van der Waals surface area contributed by atoms with Gasteiger partial charge in [-0.25, -0.2) is 35.8 Å². The Morgan fingerprint density at radius 1 is 0.979 bits per heavy atom. The standard InChI is InChI=1S/C35H18ClF3N4O4S/c1-41-28-7-3-6-23(17-40)31(28)32-26-16-30(37)42-18-29(26)43(48(46,47)24-11-8-19(9-12-24)34(38)39)33(32)21-5-2-4-20(14-21)25-13-10-22(35(44)45)15-27(25)36/h2-16,18,34H,(H,44,45). The number of carboxylic acids is 1.